The lowest BCUT2D eigenvalue weighted by Crippen LogP contribution is -1.76. The molecule has 0 bridgehead atoms. The maximum absolute atomic E-state index is 12.3. The molecule has 0 aliphatic heterocycles. The maximum Gasteiger partial charge on any atom is 0.168 e. The minimum Gasteiger partial charge on any atom is -0.197 e. The first-order valence-corrected chi connectivity index (χ1v) is 4.63. The summed E-state index contributed by atoms with van der Waals surface area (Å²) in [5.74, 6) is 1.54. The van der Waals surface area contributed by atoms with Crippen LogP contribution in [0, 0.1) is 12.3 Å². The van der Waals surface area contributed by atoms with Crippen LogP contribution in [0.4, 0.5) is 4.39 Å². The average Bonchev–Trinajstić information content (AvgIpc) is 2.10. The van der Waals surface area contributed by atoms with E-state index in [0.717, 1.165) is 12.8 Å². The van der Waals surface area contributed by atoms with Crippen LogP contribution in [0.25, 0.3) is 0 Å². The van der Waals surface area contributed by atoms with Gasteiger partial charge in [0, 0.05) is 0 Å². The molecule has 0 aromatic rings. The van der Waals surface area contributed by atoms with E-state index in [0.29, 0.717) is 0 Å². The number of hydrogen-bond acceptors (Lipinski definition) is 0. The largest absolute Gasteiger partial charge is 0.197 e. The van der Waals surface area contributed by atoms with Crippen LogP contribution >= 0.6 is 0 Å². The van der Waals surface area contributed by atoms with E-state index in [1.165, 1.54) is 31.8 Å². The summed E-state index contributed by atoms with van der Waals surface area (Å²) in [6, 6.07) is 0. The van der Waals surface area contributed by atoms with Gasteiger partial charge in [0.2, 0.25) is 0 Å². The van der Waals surface area contributed by atoms with Gasteiger partial charge in [-0.05, 0) is 24.8 Å². The third kappa shape index (κ3) is 7.34. The van der Waals surface area contributed by atoms with Gasteiger partial charge >= 0.3 is 0 Å². The molecule has 0 radical (unpaired) electrons. The highest BCUT2D eigenvalue weighted by Gasteiger charge is 1.88. The normalized spacial score (nSPS) is 11.2. The Labute approximate surface area is 74.9 Å². The standard InChI is InChI=1S/C11H17F/c1-3-5-6-7-8-9-10-11(12)4-2/h2,10H,3,5-9H2,1H3/b11-10+. The van der Waals surface area contributed by atoms with Crippen LogP contribution in [0.1, 0.15) is 45.4 Å². The fourth-order valence-electron chi connectivity index (χ4n) is 1.04. The summed E-state index contributed by atoms with van der Waals surface area (Å²) in [4.78, 5) is 0. The number of allylic oxidation sites excluding steroid dienone is 2. The second kappa shape index (κ2) is 8.33. The summed E-state index contributed by atoms with van der Waals surface area (Å²) in [7, 11) is 0. The van der Waals surface area contributed by atoms with E-state index in [4.69, 9.17) is 6.42 Å². The molecule has 12 heavy (non-hydrogen) atoms. The van der Waals surface area contributed by atoms with Crippen LogP contribution < -0.4 is 0 Å². The fraction of sp³-hybridized carbons (Fsp3) is 0.636. The predicted octanol–water partition coefficient (Wildman–Crippen LogP) is 3.83. The van der Waals surface area contributed by atoms with Gasteiger partial charge in [-0.3, -0.25) is 0 Å². The smallest absolute Gasteiger partial charge is 0.168 e. The van der Waals surface area contributed by atoms with Crippen molar-refractivity contribution < 1.29 is 4.39 Å². The van der Waals surface area contributed by atoms with Crippen LogP contribution in [0.2, 0.25) is 0 Å². The van der Waals surface area contributed by atoms with Crippen molar-refractivity contribution >= 4 is 0 Å². The van der Waals surface area contributed by atoms with Gasteiger partial charge in [-0.2, -0.15) is 4.39 Å². The summed E-state index contributed by atoms with van der Waals surface area (Å²) < 4.78 is 12.3. The molecule has 0 amide bonds. The van der Waals surface area contributed by atoms with Crippen molar-refractivity contribution in [2.75, 3.05) is 0 Å². The molecule has 0 aliphatic rings. The molecule has 0 fully saturated rings. The van der Waals surface area contributed by atoms with Crippen molar-refractivity contribution in [3.63, 3.8) is 0 Å². The Kier molecular flexibility index (Phi) is 7.79. The van der Waals surface area contributed by atoms with E-state index in [-0.39, 0.29) is 0 Å². The summed E-state index contributed by atoms with van der Waals surface area (Å²) in [6.45, 7) is 2.18. The van der Waals surface area contributed by atoms with Gasteiger partial charge in [-0.15, -0.1) is 6.42 Å². The molecule has 0 aromatic carbocycles. The number of halogens is 1. The van der Waals surface area contributed by atoms with Gasteiger partial charge < -0.3 is 0 Å². The van der Waals surface area contributed by atoms with Gasteiger partial charge in [-0.1, -0.05) is 32.6 Å². The van der Waals surface area contributed by atoms with Crippen molar-refractivity contribution in [1.82, 2.24) is 0 Å². The Morgan fingerprint density at radius 1 is 1.33 bits per heavy atom. The third-order valence-corrected chi connectivity index (χ3v) is 1.77. The first-order valence-electron chi connectivity index (χ1n) is 4.63. The van der Waals surface area contributed by atoms with Crippen molar-refractivity contribution in [2.45, 2.75) is 45.4 Å². The Hall–Kier alpha value is -0.770. The lowest BCUT2D eigenvalue weighted by atomic mass is 10.1. The monoisotopic (exact) mass is 168 g/mol. The molecule has 0 spiro atoms. The van der Waals surface area contributed by atoms with Crippen LogP contribution in [0.15, 0.2) is 11.9 Å². The predicted molar refractivity (Wildman–Crippen MR) is 51.4 cm³/mol. The Morgan fingerprint density at radius 3 is 2.58 bits per heavy atom. The van der Waals surface area contributed by atoms with Crippen LogP contribution in [-0.2, 0) is 0 Å². The minimum atomic E-state index is -0.425. The Bertz CT molecular complexity index is 162. The molecule has 0 aliphatic carbocycles. The van der Waals surface area contributed by atoms with E-state index in [1.807, 2.05) is 5.92 Å². The van der Waals surface area contributed by atoms with Crippen LogP contribution in [-0.4, -0.2) is 0 Å². The molecular weight excluding hydrogens is 151 g/mol. The zero-order valence-corrected chi connectivity index (χ0v) is 7.78. The van der Waals surface area contributed by atoms with Gasteiger partial charge in [-0.25, -0.2) is 0 Å². The molecule has 0 N–H and O–H groups in total. The highest BCUT2D eigenvalue weighted by molar-refractivity contribution is 5.17. The van der Waals surface area contributed by atoms with Gasteiger partial charge in [0.05, 0.1) is 0 Å². The van der Waals surface area contributed by atoms with E-state index in [9.17, 15) is 4.39 Å². The van der Waals surface area contributed by atoms with Gasteiger partial charge in [0.15, 0.2) is 5.83 Å². The topological polar surface area (TPSA) is 0 Å². The number of terminal acetylenes is 1. The van der Waals surface area contributed by atoms with Gasteiger partial charge in [0.1, 0.15) is 0 Å². The third-order valence-electron chi connectivity index (χ3n) is 1.77. The second-order valence-electron chi connectivity index (χ2n) is 2.90. The molecule has 0 rings (SSSR count). The average molecular weight is 168 g/mol. The fourth-order valence-corrected chi connectivity index (χ4v) is 1.04. The van der Waals surface area contributed by atoms with Crippen LogP contribution in [0.3, 0.4) is 0 Å². The first-order chi connectivity index (χ1) is 5.81. The lowest BCUT2D eigenvalue weighted by Gasteiger charge is -1.95. The Morgan fingerprint density at radius 2 is 2.00 bits per heavy atom. The molecule has 0 unspecified atom stereocenters. The van der Waals surface area contributed by atoms with Crippen molar-refractivity contribution in [1.29, 1.82) is 0 Å². The lowest BCUT2D eigenvalue weighted by molar-refractivity contribution is 0.625. The van der Waals surface area contributed by atoms with Crippen molar-refractivity contribution in [2.24, 2.45) is 0 Å². The number of unbranched alkanes of at least 4 members (excludes halogenated alkanes) is 5. The van der Waals surface area contributed by atoms with Crippen molar-refractivity contribution in [3.8, 4) is 12.3 Å². The minimum absolute atomic E-state index is 0.425. The quantitative estimate of drug-likeness (QED) is 0.417. The summed E-state index contributed by atoms with van der Waals surface area (Å²) in [5.41, 5.74) is 0. The molecular formula is C11H17F. The maximum atomic E-state index is 12.3. The summed E-state index contributed by atoms with van der Waals surface area (Å²) in [5, 5.41) is 0. The number of rotatable bonds is 6. The van der Waals surface area contributed by atoms with E-state index >= 15 is 0 Å². The summed E-state index contributed by atoms with van der Waals surface area (Å²) >= 11 is 0. The van der Waals surface area contributed by atoms with Crippen molar-refractivity contribution in [3.05, 3.63) is 11.9 Å². The summed E-state index contributed by atoms with van der Waals surface area (Å²) in [6.07, 6.45) is 13.1. The highest BCUT2D eigenvalue weighted by Crippen LogP contribution is 2.06. The zero-order valence-electron chi connectivity index (χ0n) is 7.78. The number of hydrogen-bond donors (Lipinski definition) is 0. The molecule has 0 atom stereocenters. The molecule has 0 heterocycles. The molecule has 0 saturated heterocycles. The van der Waals surface area contributed by atoms with E-state index < -0.39 is 5.83 Å². The van der Waals surface area contributed by atoms with Gasteiger partial charge in [0.25, 0.3) is 0 Å². The molecule has 68 valence electrons. The molecule has 1 heteroatoms. The SMILES string of the molecule is C#C/C(F)=C\CCCCCCC. The zero-order chi connectivity index (χ0) is 9.23. The molecule has 0 nitrogen and oxygen atoms in total. The highest BCUT2D eigenvalue weighted by atomic mass is 19.1. The molecule has 0 aromatic heterocycles. The van der Waals surface area contributed by atoms with Crippen LogP contribution in [0.5, 0.6) is 0 Å². The van der Waals surface area contributed by atoms with E-state index in [1.54, 1.807) is 0 Å². The first kappa shape index (κ1) is 11.2. The Balaban J connectivity index is 3.17. The molecule has 0 saturated carbocycles. The van der Waals surface area contributed by atoms with E-state index in [2.05, 4.69) is 6.92 Å². The second-order valence-corrected chi connectivity index (χ2v) is 2.90.